The average molecular weight is 427 g/mol. The summed E-state index contributed by atoms with van der Waals surface area (Å²) in [6.07, 6.45) is 17.5. The van der Waals surface area contributed by atoms with Gasteiger partial charge in [0.05, 0.1) is 7.11 Å². The van der Waals surface area contributed by atoms with Gasteiger partial charge in [0.15, 0.2) is 0 Å². The molecule has 1 aliphatic carbocycles. The number of carbonyl (C=O) groups excluding carboxylic acids is 2. The number of unbranched alkanes of at least 4 members (excludes halogenated alkanes) is 3. The summed E-state index contributed by atoms with van der Waals surface area (Å²) in [5.74, 6) is 2.12. The van der Waals surface area contributed by atoms with Gasteiger partial charge in [-0.2, -0.15) is 0 Å². The van der Waals surface area contributed by atoms with Crippen molar-refractivity contribution in [1.82, 2.24) is 0 Å². The van der Waals surface area contributed by atoms with Crippen molar-refractivity contribution in [3.8, 4) is 0 Å². The van der Waals surface area contributed by atoms with Crippen LogP contribution in [0.5, 0.6) is 0 Å². The maximum absolute atomic E-state index is 11.4. The number of allylic oxidation sites excluding steroid dienone is 4. The zero-order valence-electron chi connectivity index (χ0n) is 19.0. The molecule has 29 heavy (non-hydrogen) atoms. The molecule has 1 rings (SSSR count). The van der Waals surface area contributed by atoms with E-state index in [2.05, 4.69) is 30.7 Å². The second-order valence-corrected chi connectivity index (χ2v) is 8.78. The first-order valence-corrected chi connectivity index (χ1v) is 12.1. The maximum atomic E-state index is 11.4. The predicted molar refractivity (Wildman–Crippen MR) is 124 cm³/mol. The summed E-state index contributed by atoms with van der Waals surface area (Å²) in [4.78, 5) is 23.8. The molecule has 1 N–H and O–H groups in total. The summed E-state index contributed by atoms with van der Waals surface area (Å²) in [6, 6.07) is 0. The SMILES string of the molecule is CCCCC(C)CC/C=C/C1CCC(C=O)=C1SCCCCCC(=O)OC.CO. The number of esters is 1. The van der Waals surface area contributed by atoms with Crippen molar-refractivity contribution >= 4 is 24.0 Å². The quantitative estimate of drug-likeness (QED) is 0.149. The summed E-state index contributed by atoms with van der Waals surface area (Å²) in [7, 11) is 2.44. The van der Waals surface area contributed by atoms with E-state index in [0.29, 0.717) is 12.3 Å². The lowest BCUT2D eigenvalue weighted by Crippen LogP contribution is -1.99. The van der Waals surface area contributed by atoms with E-state index in [9.17, 15) is 9.59 Å². The van der Waals surface area contributed by atoms with Crippen LogP contribution in [0.4, 0.5) is 0 Å². The van der Waals surface area contributed by atoms with Crippen molar-refractivity contribution in [2.45, 2.75) is 84.5 Å². The minimum absolute atomic E-state index is 0.126. The number of hydrogen-bond donors (Lipinski definition) is 1. The van der Waals surface area contributed by atoms with Crippen LogP contribution in [0.2, 0.25) is 0 Å². The molecule has 0 saturated heterocycles. The Hall–Kier alpha value is -1.07. The van der Waals surface area contributed by atoms with Crippen LogP contribution in [0.15, 0.2) is 22.6 Å². The minimum Gasteiger partial charge on any atom is -0.469 e. The van der Waals surface area contributed by atoms with Crippen molar-refractivity contribution in [3.63, 3.8) is 0 Å². The number of hydrogen-bond acceptors (Lipinski definition) is 5. The Bertz CT molecular complexity index is 499. The van der Waals surface area contributed by atoms with Crippen LogP contribution in [0.25, 0.3) is 0 Å². The molecule has 168 valence electrons. The molecule has 0 fully saturated rings. The third kappa shape index (κ3) is 13.0. The van der Waals surface area contributed by atoms with E-state index in [0.717, 1.165) is 69.2 Å². The molecule has 0 bridgehead atoms. The van der Waals surface area contributed by atoms with Gasteiger partial charge in [-0.25, -0.2) is 0 Å². The summed E-state index contributed by atoms with van der Waals surface area (Å²) in [6.45, 7) is 4.60. The van der Waals surface area contributed by atoms with Crippen LogP contribution in [-0.2, 0) is 14.3 Å². The number of carbonyl (C=O) groups is 2. The topological polar surface area (TPSA) is 63.6 Å². The highest BCUT2D eigenvalue weighted by molar-refractivity contribution is 8.03. The van der Waals surface area contributed by atoms with E-state index in [1.165, 1.54) is 37.7 Å². The Kier molecular flexibility index (Phi) is 18.2. The van der Waals surface area contributed by atoms with Crippen LogP contribution in [0.3, 0.4) is 0 Å². The van der Waals surface area contributed by atoms with E-state index in [1.807, 2.05) is 11.8 Å². The summed E-state index contributed by atoms with van der Waals surface area (Å²) in [5.41, 5.74) is 1.00. The molecule has 0 heterocycles. The number of aliphatic hydroxyl groups excluding tert-OH is 1. The van der Waals surface area contributed by atoms with Crippen LogP contribution < -0.4 is 0 Å². The van der Waals surface area contributed by atoms with Crippen molar-refractivity contribution in [2.24, 2.45) is 11.8 Å². The molecule has 0 amide bonds. The molecular formula is C24H42O4S. The van der Waals surface area contributed by atoms with E-state index in [4.69, 9.17) is 5.11 Å². The van der Waals surface area contributed by atoms with E-state index in [-0.39, 0.29) is 5.97 Å². The number of aliphatic hydroxyl groups is 1. The van der Waals surface area contributed by atoms with Gasteiger partial charge in [-0.15, -0.1) is 11.8 Å². The summed E-state index contributed by atoms with van der Waals surface area (Å²) >= 11 is 1.85. The molecule has 0 spiro atoms. The Morgan fingerprint density at radius 3 is 2.66 bits per heavy atom. The van der Waals surface area contributed by atoms with Crippen LogP contribution >= 0.6 is 11.8 Å². The molecule has 4 nitrogen and oxygen atoms in total. The molecule has 0 aromatic heterocycles. The largest absolute Gasteiger partial charge is 0.469 e. The monoisotopic (exact) mass is 426 g/mol. The normalized spacial score (nSPS) is 17.2. The molecule has 1 aliphatic rings. The Morgan fingerprint density at radius 1 is 1.24 bits per heavy atom. The van der Waals surface area contributed by atoms with Crippen molar-refractivity contribution in [2.75, 3.05) is 20.0 Å². The number of ether oxygens (including phenoxy) is 1. The average Bonchev–Trinajstić information content (AvgIpc) is 3.15. The lowest BCUT2D eigenvalue weighted by Gasteiger charge is -2.12. The first kappa shape index (κ1) is 27.9. The predicted octanol–water partition coefficient (Wildman–Crippen LogP) is 6.09. The molecule has 2 atom stereocenters. The first-order valence-electron chi connectivity index (χ1n) is 11.1. The van der Waals surface area contributed by atoms with Gasteiger partial charge in [-0.1, -0.05) is 51.7 Å². The second kappa shape index (κ2) is 18.9. The number of methoxy groups -OCH3 is 1. The summed E-state index contributed by atoms with van der Waals surface area (Å²) < 4.78 is 4.66. The molecule has 0 saturated carbocycles. The summed E-state index contributed by atoms with van der Waals surface area (Å²) in [5, 5.41) is 7.00. The first-order chi connectivity index (χ1) is 14.1. The van der Waals surface area contributed by atoms with Crippen molar-refractivity contribution in [1.29, 1.82) is 0 Å². The van der Waals surface area contributed by atoms with Crippen LogP contribution in [-0.4, -0.2) is 37.3 Å². The van der Waals surface area contributed by atoms with Gasteiger partial charge in [-0.05, 0) is 55.1 Å². The molecule has 5 heteroatoms. The minimum atomic E-state index is -0.126. The fourth-order valence-electron chi connectivity index (χ4n) is 3.47. The standard InChI is InChI=1S/C23H38O3S.CH4O/c1-4-5-11-19(2)12-8-9-13-20-15-16-21(18-24)23(20)27-17-10-6-7-14-22(25)26-3;1-2/h9,13,18-20H,4-8,10-12,14-17H2,1-3H3;2H,1H3/b13-9+;. The molecule has 0 aromatic rings. The highest BCUT2D eigenvalue weighted by Crippen LogP contribution is 2.40. The Morgan fingerprint density at radius 2 is 2.00 bits per heavy atom. The second-order valence-electron chi connectivity index (χ2n) is 7.64. The smallest absolute Gasteiger partial charge is 0.305 e. The Balaban J connectivity index is 0.00000379. The van der Waals surface area contributed by atoms with Gasteiger partial charge in [0, 0.05) is 25.0 Å². The highest BCUT2D eigenvalue weighted by Gasteiger charge is 2.23. The highest BCUT2D eigenvalue weighted by atomic mass is 32.2. The zero-order valence-corrected chi connectivity index (χ0v) is 19.8. The fourth-order valence-corrected chi connectivity index (χ4v) is 4.79. The third-order valence-electron chi connectivity index (χ3n) is 5.28. The van der Waals surface area contributed by atoms with Crippen molar-refractivity contribution in [3.05, 3.63) is 22.6 Å². The number of thioether (sulfide) groups is 1. The van der Waals surface area contributed by atoms with Gasteiger partial charge in [-0.3, -0.25) is 9.59 Å². The lowest BCUT2D eigenvalue weighted by atomic mass is 9.98. The van der Waals surface area contributed by atoms with Crippen LogP contribution in [0, 0.1) is 11.8 Å². The molecule has 2 unspecified atom stereocenters. The molecular weight excluding hydrogens is 384 g/mol. The lowest BCUT2D eigenvalue weighted by molar-refractivity contribution is -0.140. The van der Waals surface area contributed by atoms with Gasteiger partial charge in [0.1, 0.15) is 6.29 Å². The van der Waals surface area contributed by atoms with E-state index >= 15 is 0 Å². The van der Waals surface area contributed by atoms with Gasteiger partial charge in [0.2, 0.25) is 0 Å². The van der Waals surface area contributed by atoms with Gasteiger partial charge < -0.3 is 9.84 Å². The van der Waals surface area contributed by atoms with Crippen molar-refractivity contribution < 1.29 is 19.4 Å². The molecule has 0 radical (unpaired) electrons. The van der Waals surface area contributed by atoms with Gasteiger partial charge in [0.25, 0.3) is 0 Å². The van der Waals surface area contributed by atoms with Crippen LogP contribution in [0.1, 0.15) is 84.5 Å². The van der Waals surface area contributed by atoms with E-state index < -0.39 is 0 Å². The number of aldehydes is 1. The number of rotatable bonds is 15. The third-order valence-corrected chi connectivity index (χ3v) is 6.64. The maximum Gasteiger partial charge on any atom is 0.305 e. The van der Waals surface area contributed by atoms with E-state index in [1.54, 1.807) is 0 Å². The van der Waals surface area contributed by atoms with Gasteiger partial charge >= 0.3 is 5.97 Å². The Labute approximate surface area is 182 Å². The molecule has 0 aliphatic heterocycles. The zero-order chi connectivity index (χ0) is 21.9. The molecule has 0 aromatic carbocycles. The fraction of sp³-hybridized carbons (Fsp3) is 0.750.